The monoisotopic (exact) mass is 465 g/mol. The molecule has 1 fully saturated rings. The van der Waals surface area contributed by atoms with Crippen molar-refractivity contribution in [2.75, 3.05) is 0 Å². The molecule has 1 aromatic heterocycles. The van der Waals surface area contributed by atoms with E-state index < -0.39 is 17.4 Å². The normalized spacial score (nSPS) is 17.1. The molecule has 0 spiro atoms. The first-order valence-corrected chi connectivity index (χ1v) is 11.8. The van der Waals surface area contributed by atoms with Gasteiger partial charge in [0.15, 0.2) is 5.41 Å². The summed E-state index contributed by atoms with van der Waals surface area (Å²) in [6.45, 7) is 3.18. The van der Waals surface area contributed by atoms with E-state index in [4.69, 9.17) is 4.74 Å². The Labute approximate surface area is 196 Å². The maximum Gasteiger partial charge on any atom is 0.321 e. The van der Waals surface area contributed by atoms with Crippen LogP contribution in [-0.2, 0) is 22.7 Å². The molecular weight excluding hydrogens is 438 g/mol. The van der Waals surface area contributed by atoms with Gasteiger partial charge in [-0.15, -0.1) is 11.3 Å². The minimum Gasteiger partial charge on any atom is -0.488 e. The summed E-state index contributed by atoms with van der Waals surface area (Å²) in [5.74, 6) is -1.72. The number of hydrogen-bond donors (Lipinski definition) is 3. The quantitative estimate of drug-likeness (QED) is 0.381. The predicted octanol–water partition coefficient (Wildman–Crippen LogP) is 5.10. The largest absolute Gasteiger partial charge is 0.488 e. The molecule has 172 valence electrons. The van der Waals surface area contributed by atoms with Gasteiger partial charge in [0, 0.05) is 22.3 Å². The van der Waals surface area contributed by atoms with Crippen molar-refractivity contribution in [1.82, 2.24) is 5.32 Å². The van der Waals surface area contributed by atoms with E-state index in [-0.39, 0.29) is 18.9 Å². The van der Waals surface area contributed by atoms with Crippen LogP contribution in [0.15, 0.2) is 60.7 Å². The zero-order chi connectivity index (χ0) is 23.4. The van der Waals surface area contributed by atoms with Gasteiger partial charge in [-0.2, -0.15) is 0 Å². The number of benzene rings is 2. The smallest absolute Gasteiger partial charge is 0.321 e. The van der Waals surface area contributed by atoms with E-state index >= 15 is 0 Å². The molecule has 1 atom stereocenters. The fourth-order valence-electron chi connectivity index (χ4n) is 4.34. The summed E-state index contributed by atoms with van der Waals surface area (Å²) in [6.07, 6.45) is 0.783. The number of hydrogen-bond acceptors (Lipinski definition) is 5. The number of aliphatic carboxylic acids is 2. The molecule has 1 aliphatic rings. The number of nitrogens with one attached hydrogen (secondary N) is 1. The molecule has 2 aromatic carbocycles. The van der Waals surface area contributed by atoms with Gasteiger partial charge in [0.1, 0.15) is 12.4 Å². The van der Waals surface area contributed by atoms with E-state index in [1.165, 1.54) is 20.9 Å². The van der Waals surface area contributed by atoms with E-state index in [0.717, 1.165) is 11.3 Å². The molecule has 3 aromatic rings. The highest BCUT2D eigenvalue weighted by Crippen LogP contribution is 2.39. The summed E-state index contributed by atoms with van der Waals surface area (Å²) in [5, 5.41) is 22.0. The molecule has 6 nitrogen and oxygen atoms in total. The highest BCUT2D eigenvalue weighted by Gasteiger charge is 2.51. The molecule has 0 amide bonds. The first kappa shape index (κ1) is 23.0. The Morgan fingerprint density at radius 3 is 2.42 bits per heavy atom. The van der Waals surface area contributed by atoms with Crippen LogP contribution in [0.25, 0.3) is 11.1 Å². The van der Waals surface area contributed by atoms with Crippen molar-refractivity contribution in [2.45, 2.75) is 45.4 Å². The summed E-state index contributed by atoms with van der Waals surface area (Å²) in [7, 11) is 0. The molecule has 33 heavy (non-hydrogen) atoms. The van der Waals surface area contributed by atoms with Crippen molar-refractivity contribution in [1.29, 1.82) is 0 Å². The van der Waals surface area contributed by atoms with Crippen LogP contribution in [0, 0.1) is 12.3 Å². The van der Waals surface area contributed by atoms with E-state index in [9.17, 15) is 19.8 Å². The van der Waals surface area contributed by atoms with Crippen molar-refractivity contribution in [3.63, 3.8) is 0 Å². The van der Waals surface area contributed by atoms with Crippen LogP contribution in [0.3, 0.4) is 0 Å². The summed E-state index contributed by atoms with van der Waals surface area (Å²) >= 11 is 1.74. The topological polar surface area (TPSA) is 95.9 Å². The van der Waals surface area contributed by atoms with Crippen molar-refractivity contribution in [2.24, 2.45) is 5.41 Å². The Bertz CT molecular complexity index is 1110. The van der Waals surface area contributed by atoms with E-state index in [1.54, 1.807) is 11.3 Å². The third-order valence-corrected chi connectivity index (χ3v) is 7.31. The standard InChI is InChI=1S/C26H27NO5S/c1-17-23(19-5-3-2-4-6-19)13-22(33-17)16-32-21-9-7-18(8-10-21)15-27-20-11-12-26(14-20,24(28)29)25(30)31/h2-10,13,20,27H,11-12,14-16H2,1H3,(H,28,29)(H,30,31). The molecule has 0 bridgehead atoms. The number of rotatable bonds is 9. The summed E-state index contributed by atoms with van der Waals surface area (Å²) < 4.78 is 5.97. The Hall–Kier alpha value is -3.16. The second-order valence-corrected chi connectivity index (χ2v) is 9.84. The van der Waals surface area contributed by atoms with Crippen LogP contribution < -0.4 is 10.1 Å². The number of aryl methyl sites for hydroxylation is 1. The van der Waals surface area contributed by atoms with Crippen LogP contribution in [0.2, 0.25) is 0 Å². The lowest BCUT2D eigenvalue weighted by Crippen LogP contribution is -2.39. The number of ether oxygens (including phenoxy) is 1. The average Bonchev–Trinajstić information content (AvgIpc) is 3.42. The SMILES string of the molecule is Cc1sc(COc2ccc(CNC3CCC(C(=O)O)(C(=O)O)C3)cc2)cc1-c1ccccc1. The highest BCUT2D eigenvalue weighted by molar-refractivity contribution is 7.12. The Morgan fingerprint density at radius 2 is 1.79 bits per heavy atom. The molecule has 1 saturated carbocycles. The number of carboxylic acid groups (broad SMARTS) is 2. The highest BCUT2D eigenvalue weighted by atomic mass is 32.1. The average molecular weight is 466 g/mol. The van der Waals surface area contributed by atoms with E-state index in [0.29, 0.717) is 19.6 Å². The third kappa shape index (κ3) is 5.10. The zero-order valence-electron chi connectivity index (χ0n) is 18.4. The first-order valence-electron chi connectivity index (χ1n) is 10.9. The van der Waals surface area contributed by atoms with Gasteiger partial charge < -0.3 is 20.3 Å². The van der Waals surface area contributed by atoms with Gasteiger partial charge in [0.05, 0.1) is 0 Å². The van der Waals surface area contributed by atoms with Crippen molar-refractivity contribution in [3.8, 4) is 16.9 Å². The van der Waals surface area contributed by atoms with Crippen LogP contribution in [0.5, 0.6) is 5.75 Å². The number of carbonyl (C=O) groups is 2. The molecule has 0 saturated heterocycles. The van der Waals surface area contributed by atoms with Gasteiger partial charge in [-0.3, -0.25) is 9.59 Å². The molecule has 3 N–H and O–H groups in total. The second kappa shape index (κ2) is 9.77. The lowest BCUT2D eigenvalue weighted by Gasteiger charge is -2.19. The van der Waals surface area contributed by atoms with Gasteiger partial charge >= 0.3 is 11.9 Å². The maximum absolute atomic E-state index is 11.5. The Balaban J connectivity index is 1.29. The minimum atomic E-state index is -1.67. The summed E-state index contributed by atoms with van der Waals surface area (Å²) in [5.41, 5.74) is 1.81. The van der Waals surface area contributed by atoms with E-state index in [2.05, 4.69) is 30.4 Å². The van der Waals surface area contributed by atoms with Crippen molar-refractivity contribution in [3.05, 3.63) is 76.0 Å². The Morgan fingerprint density at radius 1 is 1.09 bits per heavy atom. The molecule has 0 radical (unpaired) electrons. The summed E-state index contributed by atoms with van der Waals surface area (Å²) in [6, 6.07) is 20.1. The molecule has 7 heteroatoms. The van der Waals surface area contributed by atoms with Crippen molar-refractivity contribution < 1.29 is 24.5 Å². The molecule has 0 aliphatic heterocycles. The van der Waals surface area contributed by atoms with E-state index in [1.807, 2.05) is 42.5 Å². The van der Waals surface area contributed by atoms with Crippen molar-refractivity contribution >= 4 is 23.3 Å². The van der Waals surface area contributed by atoms with Crippen LogP contribution >= 0.6 is 11.3 Å². The van der Waals surface area contributed by atoms with Crippen LogP contribution in [-0.4, -0.2) is 28.2 Å². The predicted molar refractivity (Wildman–Crippen MR) is 127 cm³/mol. The first-order chi connectivity index (χ1) is 15.9. The summed E-state index contributed by atoms with van der Waals surface area (Å²) in [4.78, 5) is 25.3. The fourth-order valence-corrected chi connectivity index (χ4v) is 5.31. The third-order valence-electron chi connectivity index (χ3n) is 6.29. The maximum atomic E-state index is 11.5. The van der Waals surface area contributed by atoms with Gasteiger partial charge in [-0.1, -0.05) is 42.5 Å². The number of carboxylic acids is 2. The lowest BCUT2D eigenvalue weighted by atomic mass is 9.86. The Kier molecular flexibility index (Phi) is 6.81. The lowest BCUT2D eigenvalue weighted by molar-refractivity contribution is -0.164. The molecule has 1 heterocycles. The molecule has 1 aliphatic carbocycles. The van der Waals surface area contributed by atoms with Gasteiger partial charge in [0.2, 0.25) is 0 Å². The van der Waals surface area contributed by atoms with Crippen LogP contribution in [0.1, 0.15) is 34.6 Å². The van der Waals surface area contributed by atoms with Gasteiger partial charge in [-0.05, 0) is 61.1 Å². The molecule has 4 rings (SSSR count). The number of thiophene rings is 1. The fraction of sp³-hybridized carbons (Fsp3) is 0.308. The molecule has 1 unspecified atom stereocenters. The minimum absolute atomic E-state index is 0.101. The zero-order valence-corrected chi connectivity index (χ0v) is 19.2. The van der Waals surface area contributed by atoms with Gasteiger partial charge in [-0.25, -0.2) is 0 Å². The van der Waals surface area contributed by atoms with Crippen LogP contribution in [0.4, 0.5) is 0 Å². The second-order valence-electron chi connectivity index (χ2n) is 8.49. The van der Waals surface area contributed by atoms with Gasteiger partial charge in [0.25, 0.3) is 0 Å². The molecular formula is C26H27NO5S.